The first kappa shape index (κ1) is 15.2. The Hall–Kier alpha value is -2.70. The molecule has 0 aliphatic rings. The molecular weight excluding hydrogens is 292 g/mol. The second-order valence-electron chi connectivity index (χ2n) is 5.59. The number of nitrogens with zero attached hydrogens (tertiary/aromatic N) is 5. The zero-order valence-electron chi connectivity index (χ0n) is 13.5. The lowest BCUT2D eigenvalue weighted by molar-refractivity contribution is -0.122. The Morgan fingerprint density at radius 3 is 2.96 bits per heavy atom. The van der Waals surface area contributed by atoms with Crippen LogP contribution in [0.1, 0.15) is 31.3 Å². The molecule has 7 nitrogen and oxygen atoms in total. The number of imidazole rings is 1. The number of carbonyl (C=O) groups is 1. The van der Waals surface area contributed by atoms with Crippen LogP contribution in [0, 0.1) is 6.92 Å². The zero-order chi connectivity index (χ0) is 16.4. The zero-order valence-corrected chi connectivity index (χ0v) is 13.5. The smallest absolute Gasteiger partial charge is 0.242 e. The SMILES string of the molecule is CCn1ccnc1[C@H](C)NC(=O)Cn1ncc2cc(C)cnc21. The fourth-order valence-electron chi connectivity index (χ4n) is 2.65. The van der Waals surface area contributed by atoms with Crippen molar-refractivity contribution >= 4 is 16.9 Å². The third-order valence-electron chi connectivity index (χ3n) is 3.76. The predicted molar refractivity (Wildman–Crippen MR) is 86.7 cm³/mol. The summed E-state index contributed by atoms with van der Waals surface area (Å²) >= 11 is 0. The van der Waals surface area contributed by atoms with Gasteiger partial charge in [-0.25, -0.2) is 14.6 Å². The molecule has 0 bridgehead atoms. The summed E-state index contributed by atoms with van der Waals surface area (Å²) in [5, 5.41) is 8.15. The number of aromatic nitrogens is 5. The van der Waals surface area contributed by atoms with Gasteiger partial charge in [0.1, 0.15) is 12.4 Å². The summed E-state index contributed by atoms with van der Waals surface area (Å²) < 4.78 is 3.63. The van der Waals surface area contributed by atoms with E-state index in [0.29, 0.717) is 5.65 Å². The lowest BCUT2D eigenvalue weighted by Crippen LogP contribution is -2.31. The van der Waals surface area contributed by atoms with E-state index in [1.54, 1.807) is 23.3 Å². The average Bonchev–Trinajstić information content (AvgIpc) is 3.13. The molecule has 120 valence electrons. The molecule has 1 atom stereocenters. The number of carbonyl (C=O) groups excluding carboxylic acids is 1. The van der Waals surface area contributed by atoms with Gasteiger partial charge in [-0.15, -0.1) is 0 Å². The summed E-state index contributed by atoms with van der Waals surface area (Å²) in [6, 6.07) is 1.85. The van der Waals surface area contributed by atoms with E-state index in [-0.39, 0.29) is 18.5 Å². The van der Waals surface area contributed by atoms with Crippen molar-refractivity contribution in [1.82, 2.24) is 29.6 Å². The molecule has 1 amide bonds. The molecule has 3 rings (SSSR count). The maximum Gasteiger partial charge on any atom is 0.242 e. The normalized spacial score (nSPS) is 12.5. The highest BCUT2D eigenvalue weighted by Gasteiger charge is 2.15. The lowest BCUT2D eigenvalue weighted by Gasteiger charge is -2.15. The minimum Gasteiger partial charge on any atom is -0.345 e. The monoisotopic (exact) mass is 312 g/mol. The van der Waals surface area contributed by atoms with Crippen LogP contribution in [0.15, 0.2) is 30.9 Å². The van der Waals surface area contributed by atoms with Gasteiger partial charge in [0.2, 0.25) is 5.91 Å². The Bertz CT molecular complexity index is 834. The maximum absolute atomic E-state index is 12.3. The van der Waals surface area contributed by atoms with Crippen LogP contribution in [-0.4, -0.2) is 30.2 Å². The van der Waals surface area contributed by atoms with E-state index < -0.39 is 0 Å². The molecular formula is C16H20N6O. The molecule has 0 fully saturated rings. The molecule has 3 aromatic heterocycles. The fraction of sp³-hybridized carbons (Fsp3) is 0.375. The number of aryl methyl sites for hydroxylation is 2. The van der Waals surface area contributed by atoms with Gasteiger partial charge in [-0.05, 0) is 32.4 Å². The number of hydrogen-bond acceptors (Lipinski definition) is 4. The lowest BCUT2D eigenvalue weighted by atomic mass is 10.2. The summed E-state index contributed by atoms with van der Waals surface area (Å²) in [5.41, 5.74) is 1.79. The standard InChI is InChI=1S/C16H20N6O/c1-4-21-6-5-17-15(21)12(3)20-14(23)10-22-16-13(9-19-22)7-11(2)8-18-16/h5-9,12H,4,10H2,1-3H3,(H,20,23)/t12-/m0/s1. The Labute approximate surface area is 134 Å². The van der Waals surface area contributed by atoms with Crippen molar-refractivity contribution in [3.05, 3.63) is 42.2 Å². The van der Waals surface area contributed by atoms with Gasteiger partial charge in [0.15, 0.2) is 5.65 Å². The number of amides is 1. The van der Waals surface area contributed by atoms with Crippen molar-refractivity contribution in [3.63, 3.8) is 0 Å². The quantitative estimate of drug-likeness (QED) is 0.779. The molecule has 1 N–H and O–H groups in total. The van der Waals surface area contributed by atoms with E-state index in [2.05, 4.69) is 20.4 Å². The van der Waals surface area contributed by atoms with E-state index in [9.17, 15) is 4.79 Å². The van der Waals surface area contributed by atoms with Crippen molar-refractivity contribution in [1.29, 1.82) is 0 Å². The molecule has 0 aliphatic heterocycles. The summed E-state index contributed by atoms with van der Waals surface area (Å²) in [6.07, 6.45) is 7.16. The molecule has 23 heavy (non-hydrogen) atoms. The molecule has 7 heteroatoms. The number of nitrogens with one attached hydrogen (secondary N) is 1. The highest BCUT2D eigenvalue weighted by molar-refractivity contribution is 5.80. The largest absolute Gasteiger partial charge is 0.345 e. The summed E-state index contributed by atoms with van der Waals surface area (Å²) in [7, 11) is 0. The van der Waals surface area contributed by atoms with Gasteiger partial charge in [0, 0.05) is 30.5 Å². The fourth-order valence-corrected chi connectivity index (χ4v) is 2.65. The number of hydrogen-bond donors (Lipinski definition) is 1. The topological polar surface area (TPSA) is 77.6 Å². The number of fused-ring (bicyclic) bond motifs is 1. The van der Waals surface area contributed by atoms with Gasteiger partial charge >= 0.3 is 0 Å². The molecule has 0 saturated carbocycles. The molecule has 0 radical (unpaired) electrons. The van der Waals surface area contributed by atoms with Crippen molar-refractivity contribution in [2.45, 2.75) is 39.9 Å². The minimum absolute atomic E-state index is 0.115. The molecule has 0 aliphatic carbocycles. The van der Waals surface area contributed by atoms with Crippen LogP contribution in [0.4, 0.5) is 0 Å². The highest BCUT2D eigenvalue weighted by atomic mass is 16.2. The van der Waals surface area contributed by atoms with Crippen LogP contribution < -0.4 is 5.32 Å². The van der Waals surface area contributed by atoms with Crippen LogP contribution >= 0.6 is 0 Å². The number of pyridine rings is 1. The minimum atomic E-state index is -0.158. The Balaban J connectivity index is 1.71. The summed E-state index contributed by atoms with van der Waals surface area (Å²) in [6.45, 7) is 6.91. The van der Waals surface area contributed by atoms with E-state index >= 15 is 0 Å². The van der Waals surface area contributed by atoms with Crippen molar-refractivity contribution in [2.75, 3.05) is 0 Å². The molecule has 0 saturated heterocycles. The van der Waals surface area contributed by atoms with Gasteiger partial charge in [-0.2, -0.15) is 5.10 Å². The Morgan fingerprint density at radius 2 is 2.17 bits per heavy atom. The molecule has 0 unspecified atom stereocenters. The van der Waals surface area contributed by atoms with Gasteiger partial charge in [0.05, 0.1) is 12.2 Å². The highest BCUT2D eigenvalue weighted by Crippen LogP contribution is 2.13. The first-order valence-electron chi connectivity index (χ1n) is 7.67. The van der Waals surface area contributed by atoms with E-state index in [1.165, 1.54) is 0 Å². The predicted octanol–water partition coefficient (Wildman–Crippen LogP) is 1.83. The van der Waals surface area contributed by atoms with Crippen LogP contribution in [0.3, 0.4) is 0 Å². The van der Waals surface area contributed by atoms with Crippen LogP contribution in [0.2, 0.25) is 0 Å². The van der Waals surface area contributed by atoms with E-state index in [0.717, 1.165) is 23.3 Å². The van der Waals surface area contributed by atoms with Crippen LogP contribution in [0.25, 0.3) is 11.0 Å². The Kier molecular flexibility index (Phi) is 4.10. The van der Waals surface area contributed by atoms with Crippen LogP contribution in [0.5, 0.6) is 0 Å². The van der Waals surface area contributed by atoms with Crippen molar-refractivity contribution in [3.8, 4) is 0 Å². The molecule has 3 aromatic rings. The van der Waals surface area contributed by atoms with E-state index in [1.807, 2.05) is 37.6 Å². The summed E-state index contributed by atoms with van der Waals surface area (Å²) in [5.74, 6) is 0.732. The van der Waals surface area contributed by atoms with Gasteiger partial charge in [-0.3, -0.25) is 4.79 Å². The van der Waals surface area contributed by atoms with Crippen molar-refractivity contribution < 1.29 is 4.79 Å². The first-order chi connectivity index (χ1) is 11.1. The van der Waals surface area contributed by atoms with Crippen LogP contribution in [-0.2, 0) is 17.9 Å². The second kappa shape index (κ2) is 6.20. The third-order valence-corrected chi connectivity index (χ3v) is 3.76. The van der Waals surface area contributed by atoms with Gasteiger partial charge in [-0.1, -0.05) is 0 Å². The van der Waals surface area contributed by atoms with Gasteiger partial charge < -0.3 is 9.88 Å². The molecule has 3 heterocycles. The first-order valence-corrected chi connectivity index (χ1v) is 7.67. The summed E-state index contributed by atoms with van der Waals surface area (Å²) in [4.78, 5) is 21.0. The van der Waals surface area contributed by atoms with E-state index in [4.69, 9.17) is 0 Å². The number of rotatable bonds is 5. The second-order valence-corrected chi connectivity index (χ2v) is 5.59. The Morgan fingerprint density at radius 1 is 1.35 bits per heavy atom. The van der Waals surface area contributed by atoms with Gasteiger partial charge in [0.25, 0.3) is 0 Å². The average molecular weight is 312 g/mol. The third kappa shape index (κ3) is 3.08. The molecule has 0 spiro atoms. The maximum atomic E-state index is 12.3. The molecule has 0 aromatic carbocycles. The van der Waals surface area contributed by atoms with Crippen molar-refractivity contribution in [2.24, 2.45) is 0 Å².